The summed E-state index contributed by atoms with van der Waals surface area (Å²) in [7, 11) is 0. The van der Waals surface area contributed by atoms with E-state index in [1.54, 1.807) is 4.68 Å². The second kappa shape index (κ2) is 7.19. The van der Waals surface area contributed by atoms with Crippen molar-refractivity contribution in [2.45, 2.75) is 56.3 Å². The van der Waals surface area contributed by atoms with Crippen molar-refractivity contribution in [3.63, 3.8) is 0 Å². The SMILES string of the molecule is CC(=O)OC1O[C@H](CSc2nnnn2-c2ccccc2)[C@H]2OC(C)(C)O[C@@H]12. The standard InChI is InChI=1S/C17H20N4O5S/c1-10(22)23-15-14-13(25-17(2,3)26-14)12(24-15)9-27-16-18-19-20-21(16)11-7-5-4-6-8-11/h4-8,12-15H,9H2,1-3H3/t12-,13-,14-,15?/m1/s1. The fourth-order valence-electron chi connectivity index (χ4n) is 3.19. The molecule has 27 heavy (non-hydrogen) atoms. The zero-order chi connectivity index (χ0) is 19.0. The Hall–Kier alpha value is -2.01. The highest BCUT2D eigenvalue weighted by Gasteiger charge is 2.56. The first kappa shape index (κ1) is 18.4. The van der Waals surface area contributed by atoms with E-state index in [2.05, 4.69) is 15.5 Å². The van der Waals surface area contributed by atoms with Crippen molar-refractivity contribution in [3.05, 3.63) is 30.3 Å². The van der Waals surface area contributed by atoms with Gasteiger partial charge in [-0.3, -0.25) is 4.79 Å². The van der Waals surface area contributed by atoms with Crippen molar-refractivity contribution in [3.8, 4) is 5.69 Å². The number of nitrogens with zero attached hydrogens (tertiary/aromatic N) is 4. The van der Waals surface area contributed by atoms with Crippen molar-refractivity contribution < 1.29 is 23.7 Å². The summed E-state index contributed by atoms with van der Waals surface area (Å²) < 4.78 is 24.6. The predicted octanol–water partition coefficient (Wildman–Crippen LogP) is 1.56. The van der Waals surface area contributed by atoms with Gasteiger partial charge in [-0.25, -0.2) is 0 Å². The van der Waals surface area contributed by atoms with Crippen LogP contribution in [0.1, 0.15) is 20.8 Å². The first-order valence-corrected chi connectivity index (χ1v) is 9.56. The third-order valence-electron chi connectivity index (χ3n) is 4.21. The van der Waals surface area contributed by atoms with E-state index in [1.165, 1.54) is 18.7 Å². The fourth-order valence-corrected chi connectivity index (χ4v) is 4.13. The molecule has 0 bridgehead atoms. The lowest BCUT2D eigenvalue weighted by Gasteiger charge is -2.23. The van der Waals surface area contributed by atoms with Gasteiger partial charge in [0.15, 0.2) is 11.9 Å². The lowest BCUT2D eigenvalue weighted by Crippen LogP contribution is -2.32. The summed E-state index contributed by atoms with van der Waals surface area (Å²) in [5, 5.41) is 12.5. The van der Waals surface area contributed by atoms with E-state index in [4.69, 9.17) is 18.9 Å². The number of fused-ring (bicyclic) bond motifs is 1. The molecule has 1 aromatic heterocycles. The van der Waals surface area contributed by atoms with Crippen molar-refractivity contribution >= 4 is 17.7 Å². The Bertz CT molecular complexity index is 815. The Morgan fingerprint density at radius 2 is 2.00 bits per heavy atom. The van der Waals surface area contributed by atoms with Gasteiger partial charge < -0.3 is 18.9 Å². The summed E-state index contributed by atoms with van der Waals surface area (Å²) in [6.07, 6.45) is -1.91. The number of thioether (sulfide) groups is 1. The average Bonchev–Trinajstić information content (AvgIpc) is 3.28. The van der Waals surface area contributed by atoms with Crippen LogP contribution in [0.2, 0.25) is 0 Å². The molecule has 0 N–H and O–H groups in total. The number of esters is 1. The van der Waals surface area contributed by atoms with Crippen LogP contribution in [0.4, 0.5) is 0 Å². The van der Waals surface area contributed by atoms with Gasteiger partial charge in [0.25, 0.3) is 0 Å². The summed E-state index contributed by atoms with van der Waals surface area (Å²) in [6, 6.07) is 9.63. The molecule has 144 valence electrons. The van der Waals surface area contributed by atoms with E-state index in [1.807, 2.05) is 44.2 Å². The highest BCUT2D eigenvalue weighted by Crippen LogP contribution is 2.40. The third-order valence-corrected chi connectivity index (χ3v) is 5.22. The van der Waals surface area contributed by atoms with Gasteiger partial charge in [0.1, 0.15) is 12.2 Å². The molecule has 0 spiro atoms. The number of tetrazole rings is 1. The van der Waals surface area contributed by atoms with E-state index >= 15 is 0 Å². The van der Waals surface area contributed by atoms with Gasteiger partial charge in [-0.05, 0) is 36.4 Å². The molecule has 0 saturated carbocycles. The van der Waals surface area contributed by atoms with Gasteiger partial charge in [0.05, 0.1) is 5.69 Å². The van der Waals surface area contributed by atoms with Crippen molar-refractivity contribution in [2.75, 3.05) is 5.75 Å². The van der Waals surface area contributed by atoms with Crippen LogP contribution in [0, 0.1) is 0 Å². The number of benzene rings is 1. The number of hydrogen-bond donors (Lipinski definition) is 0. The minimum Gasteiger partial charge on any atom is -0.433 e. The Morgan fingerprint density at radius 1 is 1.26 bits per heavy atom. The highest BCUT2D eigenvalue weighted by atomic mass is 32.2. The molecule has 0 amide bonds. The maximum Gasteiger partial charge on any atom is 0.305 e. The predicted molar refractivity (Wildman–Crippen MR) is 94.1 cm³/mol. The minimum absolute atomic E-state index is 0.327. The first-order valence-electron chi connectivity index (χ1n) is 8.58. The number of aromatic nitrogens is 4. The molecule has 2 fully saturated rings. The van der Waals surface area contributed by atoms with Crippen LogP contribution >= 0.6 is 11.8 Å². The molecule has 0 radical (unpaired) electrons. The largest absolute Gasteiger partial charge is 0.433 e. The van der Waals surface area contributed by atoms with E-state index in [0.29, 0.717) is 10.9 Å². The average molecular weight is 392 g/mol. The van der Waals surface area contributed by atoms with Crippen molar-refractivity contribution in [1.82, 2.24) is 20.2 Å². The lowest BCUT2D eigenvalue weighted by atomic mass is 10.1. The highest BCUT2D eigenvalue weighted by molar-refractivity contribution is 7.99. The quantitative estimate of drug-likeness (QED) is 0.554. The Balaban J connectivity index is 1.47. The minimum atomic E-state index is -0.787. The molecule has 9 nitrogen and oxygen atoms in total. The molecule has 2 aromatic rings. The van der Waals surface area contributed by atoms with Crippen LogP contribution in [-0.4, -0.2) is 62.3 Å². The fraction of sp³-hybridized carbons (Fsp3) is 0.529. The zero-order valence-electron chi connectivity index (χ0n) is 15.1. The molecule has 4 rings (SSSR count). The molecule has 2 aliphatic heterocycles. The number of rotatable bonds is 5. The molecule has 2 saturated heterocycles. The summed E-state index contributed by atoms with van der Waals surface area (Å²) in [4.78, 5) is 11.4. The van der Waals surface area contributed by atoms with Crippen LogP contribution in [0.15, 0.2) is 35.5 Å². The zero-order valence-corrected chi connectivity index (χ0v) is 16.0. The van der Waals surface area contributed by atoms with Crippen molar-refractivity contribution in [2.24, 2.45) is 0 Å². The number of carbonyl (C=O) groups is 1. The van der Waals surface area contributed by atoms with E-state index in [-0.39, 0.29) is 12.2 Å². The first-order chi connectivity index (χ1) is 12.9. The van der Waals surface area contributed by atoms with Crippen LogP contribution in [-0.2, 0) is 23.7 Å². The number of ether oxygens (including phenoxy) is 4. The summed E-state index contributed by atoms with van der Waals surface area (Å²) in [5.41, 5.74) is 0.870. The van der Waals surface area contributed by atoms with Crippen LogP contribution in [0.25, 0.3) is 5.69 Å². The summed E-state index contributed by atoms with van der Waals surface area (Å²) in [6.45, 7) is 5.00. The van der Waals surface area contributed by atoms with Gasteiger partial charge in [0.2, 0.25) is 11.4 Å². The molecule has 3 heterocycles. The van der Waals surface area contributed by atoms with E-state index in [9.17, 15) is 4.79 Å². The molecule has 1 unspecified atom stereocenters. The van der Waals surface area contributed by atoms with Crippen molar-refractivity contribution in [1.29, 1.82) is 0 Å². The molecule has 4 atom stereocenters. The molecule has 1 aromatic carbocycles. The van der Waals surface area contributed by atoms with Gasteiger partial charge in [0, 0.05) is 12.7 Å². The van der Waals surface area contributed by atoms with Crippen LogP contribution in [0.3, 0.4) is 0 Å². The van der Waals surface area contributed by atoms with Gasteiger partial charge in [-0.15, -0.1) is 5.10 Å². The van der Waals surface area contributed by atoms with Gasteiger partial charge in [-0.1, -0.05) is 30.0 Å². The van der Waals surface area contributed by atoms with Crippen LogP contribution < -0.4 is 0 Å². The topological polar surface area (TPSA) is 97.6 Å². The summed E-state index contributed by atoms with van der Waals surface area (Å²) in [5.74, 6) is -0.661. The lowest BCUT2D eigenvalue weighted by molar-refractivity contribution is -0.228. The number of carbonyl (C=O) groups excluding carboxylic acids is 1. The molecular formula is C17H20N4O5S. The smallest absolute Gasteiger partial charge is 0.305 e. The second-order valence-electron chi connectivity index (χ2n) is 6.74. The third kappa shape index (κ3) is 3.84. The van der Waals surface area contributed by atoms with Gasteiger partial charge >= 0.3 is 5.97 Å². The Morgan fingerprint density at radius 3 is 2.74 bits per heavy atom. The molecule has 0 aliphatic carbocycles. The van der Waals surface area contributed by atoms with E-state index < -0.39 is 24.2 Å². The second-order valence-corrected chi connectivity index (χ2v) is 7.72. The number of para-hydroxylation sites is 1. The normalized spacial score (nSPS) is 28.9. The molecule has 2 aliphatic rings. The van der Waals surface area contributed by atoms with Gasteiger partial charge in [-0.2, -0.15) is 4.68 Å². The molecule has 10 heteroatoms. The van der Waals surface area contributed by atoms with Crippen LogP contribution in [0.5, 0.6) is 0 Å². The molecular weight excluding hydrogens is 372 g/mol. The maximum atomic E-state index is 11.4. The Kier molecular flexibility index (Phi) is 4.89. The number of hydrogen-bond acceptors (Lipinski definition) is 9. The monoisotopic (exact) mass is 392 g/mol. The maximum absolute atomic E-state index is 11.4. The van der Waals surface area contributed by atoms with E-state index in [0.717, 1.165) is 5.69 Å². The Labute approximate surface area is 160 Å². The summed E-state index contributed by atoms with van der Waals surface area (Å²) >= 11 is 1.44.